The molecule has 0 spiro atoms. The zero-order valence-electron chi connectivity index (χ0n) is 19.0. The van der Waals surface area contributed by atoms with Crippen molar-refractivity contribution in [1.82, 2.24) is 9.80 Å². The molecule has 0 radical (unpaired) electrons. The molecule has 6 nitrogen and oxygen atoms in total. The summed E-state index contributed by atoms with van der Waals surface area (Å²) >= 11 is 0. The molecule has 7 heteroatoms. The second-order valence-electron chi connectivity index (χ2n) is 8.19. The number of nitrogens with zero attached hydrogens (tertiary/aromatic N) is 2. The van der Waals surface area contributed by atoms with Crippen molar-refractivity contribution in [3.63, 3.8) is 0 Å². The number of benzene rings is 2. The molecule has 1 amide bonds. The summed E-state index contributed by atoms with van der Waals surface area (Å²) in [5.41, 5.74) is 1.52. The topological polar surface area (TPSA) is 74.0 Å². The number of aliphatic hydroxyl groups excluding tert-OH is 1. The molecule has 0 aliphatic carbocycles. The molecular formula is C26H27FN2O4. The van der Waals surface area contributed by atoms with E-state index in [4.69, 9.17) is 4.42 Å². The highest BCUT2D eigenvalue weighted by Crippen LogP contribution is 2.40. The minimum Gasteiger partial charge on any atom is -0.503 e. The van der Waals surface area contributed by atoms with Gasteiger partial charge in [0.2, 0.25) is 5.78 Å². The number of amides is 1. The lowest BCUT2D eigenvalue weighted by molar-refractivity contribution is -0.129. The van der Waals surface area contributed by atoms with Crippen molar-refractivity contribution < 1.29 is 23.5 Å². The van der Waals surface area contributed by atoms with Crippen LogP contribution in [0.15, 0.2) is 64.3 Å². The Morgan fingerprint density at radius 3 is 2.58 bits per heavy atom. The van der Waals surface area contributed by atoms with Crippen LogP contribution >= 0.6 is 0 Å². The van der Waals surface area contributed by atoms with Gasteiger partial charge in [0.1, 0.15) is 11.4 Å². The number of furan rings is 1. The number of aliphatic hydroxyl groups is 1. The number of hydrogen-bond donors (Lipinski definition) is 1. The van der Waals surface area contributed by atoms with Gasteiger partial charge in [0, 0.05) is 24.0 Å². The number of hydrogen-bond acceptors (Lipinski definition) is 5. The van der Waals surface area contributed by atoms with Crippen molar-refractivity contribution in [2.75, 3.05) is 26.2 Å². The fraction of sp³-hybridized carbons (Fsp3) is 0.308. The van der Waals surface area contributed by atoms with E-state index in [0.29, 0.717) is 12.1 Å². The Kier molecular flexibility index (Phi) is 6.33. The third-order valence-corrected chi connectivity index (χ3v) is 6.20. The summed E-state index contributed by atoms with van der Waals surface area (Å²) in [5.74, 6) is -2.54. The van der Waals surface area contributed by atoms with Gasteiger partial charge in [-0.15, -0.1) is 0 Å². The van der Waals surface area contributed by atoms with E-state index in [0.717, 1.165) is 24.0 Å². The van der Waals surface area contributed by atoms with Crippen LogP contribution < -0.4 is 0 Å². The lowest BCUT2D eigenvalue weighted by Gasteiger charge is -2.29. The smallest absolute Gasteiger partial charge is 0.290 e. The molecular weight excluding hydrogens is 423 g/mol. The van der Waals surface area contributed by atoms with Crippen LogP contribution in [0.25, 0.3) is 11.0 Å². The predicted molar refractivity (Wildman–Crippen MR) is 124 cm³/mol. The van der Waals surface area contributed by atoms with Crippen molar-refractivity contribution in [3.8, 4) is 0 Å². The van der Waals surface area contributed by atoms with Crippen LogP contribution in [0, 0.1) is 12.7 Å². The Balaban J connectivity index is 1.77. The number of likely N-dealkylation sites (N-methyl/N-ethyl adjacent to an activating group) is 1. The summed E-state index contributed by atoms with van der Waals surface area (Å²) in [6, 6.07) is 12.1. The third kappa shape index (κ3) is 4.16. The van der Waals surface area contributed by atoms with Crippen molar-refractivity contribution in [3.05, 3.63) is 82.6 Å². The largest absolute Gasteiger partial charge is 0.503 e. The SMILES string of the molecule is CCN(CC)CCN1C(=O)C(O)=C(C(=O)c2cc3cc(C)ccc3o2)C1c1ccccc1F. The minimum atomic E-state index is -1.04. The summed E-state index contributed by atoms with van der Waals surface area (Å²) in [4.78, 5) is 30.1. The average molecular weight is 451 g/mol. The first-order chi connectivity index (χ1) is 15.8. The molecule has 1 unspecified atom stereocenters. The van der Waals surface area contributed by atoms with Gasteiger partial charge in [-0.1, -0.05) is 43.7 Å². The number of fused-ring (bicyclic) bond motifs is 1. The molecule has 1 aliphatic heterocycles. The Hall–Kier alpha value is -3.45. The summed E-state index contributed by atoms with van der Waals surface area (Å²) in [7, 11) is 0. The van der Waals surface area contributed by atoms with E-state index in [1.54, 1.807) is 24.3 Å². The first kappa shape index (κ1) is 22.7. The van der Waals surface area contributed by atoms with Crippen LogP contribution in [-0.4, -0.2) is 52.8 Å². The molecule has 0 saturated heterocycles. The van der Waals surface area contributed by atoms with E-state index in [9.17, 15) is 19.1 Å². The number of carbonyl (C=O) groups is 2. The predicted octanol–water partition coefficient (Wildman–Crippen LogP) is 4.80. The molecule has 1 aromatic heterocycles. The number of aryl methyl sites for hydroxylation is 1. The van der Waals surface area contributed by atoms with E-state index < -0.39 is 29.3 Å². The molecule has 0 saturated carbocycles. The summed E-state index contributed by atoms with van der Waals surface area (Å²) < 4.78 is 20.6. The van der Waals surface area contributed by atoms with Crippen LogP contribution in [0.1, 0.15) is 41.6 Å². The van der Waals surface area contributed by atoms with Gasteiger partial charge in [0.25, 0.3) is 5.91 Å². The van der Waals surface area contributed by atoms with Gasteiger partial charge in [0.15, 0.2) is 11.5 Å². The maximum atomic E-state index is 14.9. The van der Waals surface area contributed by atoms with Gasteiger partial charge in [-0.2, -0.15) is 0 Å². The quantitative estimate of drug-likeness (QED) is 0.499. The number of ketones is 1. The molecule has 1 N–H and O–H groups in total. The van der Waals surface area contributed by atoms with E-state index in [1.807, 2.05) is 32.9 Å². The van der Waals surface area contributed by atoms with E-state index in [1.165, 1.54) is 17.0 Å². The average Bonchev–Trinajstić information content (AvgIpc) is 3.33. The van der Waals surface area contributed by atoms with Crippen LogP contribution in [-0.2, 0) is 4.79 Å². The Bertz CT molecular complexity index is 1240. The van der Waals surface area contributed by atoms with Crippen LogP contribution in [0.2, 0.25) is 0 Å². The number of Topliss-reactive ketones (excluding diaryl/α,β-unsaturated/α-hetero) is 1. The maximum absolute atomic E-state index is 14.9. The molecule has 172 valence electrons. The fourth-order valence-electron chi connectivity index (χ4n) is 4.33. The van der Waals surface area contributed by atoms with Crippen molar-refractivity contribution in [2.45, 2.75) is 26.8 Å². The van der Waals surface area contributed by atoms with Crippen LogP contribution in [0.5, 0.6) is 0 Å². The number of halogens is 1. The molecule has 0 fully saturated rings. The highest BCUT2D eigenvalue weighted by molar-refractivity contribution is 6.16. The fourth-order valence-corrected chi connectivity index (χ4v) is 4.33. The first-order valence-corrected chi connectivity index (χ1v) is 11.1. The van der Waals surface area contributed by atoms with Crippen LogP contribution in [0.4, 0.5) is 4.39 Å². The normalized spacial score (nSPS) is 16.5. The first-order valence-electron chi connectivity index (χ1n) is 11.1. The Morgan fingerprint density at radius 1 is 1.15 bits per heavy atom. The lowest BCUT2D eigenvalue weighted by Crippen LogP contribution is -2.39. The highest BCUT2D eigenvalue weighted by atomic mass is 19.1. The van der Waals surface area contributed by atoms with Gasteiger partial charge in [0.05, 0.1) is 11.6 Å². The second-order valence-corrected chi connectivity index (χ2v) is 8.19. The monoisotopic (exact) mass is 450 g/mol. The minimum absolute atomic E-state index is 0.00289. The molecule has 2 aromatic carbocycles. The zero-order chi connectivity index (χ0) is 23.7. The Morgan fingerprint density at radius 2 is 1.88 bits per heavy atom. The van der Waals surface area contributed by atoms with Gasteiger partial charge in [-0.25, -0.2) is 4.39 Å². The van der Waals surface area contributed by atoms with Crippen molar-refractivity contribution in [2.24, 2.45) is 0 Å². The molecule has 2 heterocycles. The van der Waals surface area contributed by atoms with Gasteiger partial charge in [-0.3, -0.25) is 9.59 Å². The summed E-state index contributed by atoms with van der Waals surface area (Å²) in [6.07, 6.45) is 0. The summed E-state index contributed by atoms with van der Waals surface area (Å²) in [5, 5.41) is 11.5. The van der Waals surface area contributed by atoms with E-state index in [2.05, 4.69) is 4.90 Å². The Labute approximate surface area is 191 Å². The number of carbonyl (C=O) groups excluding carboxylic acids is 2. The van der Waals surface area contributed by atoms with Crippen LogP contribution in [0.3, 0.4) is 0 Å². The lowest BCUT2D eigenvalue weighted by atomic mass is 9.94. The van der Waals surface area contributed by atoms with Crippen molar-refractivity contribution >= 4 is 22.7 Å². The van der Waals surface area contributed by atoms with E-state index in [-0.39, 0.29) is 23.4 Å². The molecule has 0 bridgehead atoms. The van der Waals surface area contributed by atoms with Gasteiger partial charge < -0.3 is 19.3 Å². The standard InChI is InChI=1S/C26H27FN2O4/c1-4-28(5-2)12-13-29-23(18-8-6-7-9-19(18)27)22(25(31)26(29)32)24(30)21-15-17-14-16(3)10-11-20(17)33-21/h6-11,14-15,23,31H,4-5,12-13H2,1-3H3. The van der Waals surface area contributed by atoms with E-state index >= 15 is 0 Å². The van der Waals surface area contributed by atoms with Crippen molar-refractivity contribution in [1.29, 1.82) is 0 Å². The molecule has 1 atom stereocenters. The third-order valence-electron chi connectivity index (χ3n) is 6.20. The van der Waals surface area contributed by atoms with Gasteiger partial charge >= 0.3 is 0 Å². The van der Waals surface area contributed by atoms with Gasteiger partial charge in [-0.05, 0) is 44.3 Å². The molecule has 3 aromatic rings. The summed E-state index contributed by atoms with van der Waals surface area (Å²) in [6.45, 7) is 8.29. The molecule has 33 heavy (non-hydrogen) atoms. The maximum Gasteiger partial charge on any atom is 0.290 e. The highest BCUT2D eigenvalue weighted by Gasteiger charge is 2.45. The number of rotatable bonds is 8. The molecule has 4 rings (SSSR count). The molecule has 1 aliphatic rings. The zero-order valence-corrected chi connectivity index (χ0v) is 19.0. The second kappa shape index (κ2) is 9.19.